The van der Waals surface area contributed by atoms with Gasteiger partial charge in [0.2, 0.25) is 5.91 Å². The fourth-order valence-corrected chi connectivity index (χ4v) is 4.22. The second kappa shape index (κ2) is 8.13. The van der Waals surface area contributed by atoms with Gasteiger partial charge in [0, 0.05) is 30.4 Å². The zero-order valence-electron chi connectivity index (χ0n) is 18.2. The predicted molar refractivity (Wildman–Crippen MR) is 115 cm³/mol. The minimum absolute atomic E-state index is 0.0487. The minimum atomic E-state index is -0.561. The van der Waals surface area contributed by atoms with Crippen molar-refractivity contribution in [3.05, 3.63) is 42.5 Å². The van der Waals surface area contributed by atoms with Crippen molar-refractivity contribution in [1.29, 1.82) is 0 Å². The smallest absolute Gasteiger partial charge is 0.407 e. The van der Waals surface area contributed by atoms with Crippen LogP contribution in [0.15, 0.2) is 36.9 Å². The summed E-state index contributed by atoms with van der Waals surface area (Å²) in [7, 11) is 1.66. The van der Waals surface area contributed by atoms with Crippen molar-refractivity contribution in [1.82, 2.24) is 10.2 Å². The lowest BCUT2D eigenvalue weighted by Gasteiger charge is -2.45. The molecule has 7 nitrogen and oxygen atoms in total. The highest BCUT2D eigenvalue weighted by molar-refractivity contribution is 6.01. The fourth-order valence-electron chi connectivity index (χ4n) is 4.22. The van der Waals surface area contributed by atoms with E-state index in [9.17, 15) is 14.4 Å². The van der Waals surface area contributed by atoms with E-state index in [-0.39, 0.29) is 23.4 Å². The Morgan fingerprint density at radius 1 is 1.23 bits per heavy atom. The first-order chi connectivity index (χ1) is 14.0. The number of carbonyl (C=O) groups excluding carboxylic acids is 3. The molecule has 7 heteroatoms. The highest BCUT2D eigenvalue weighted by Gasteiger charge is 2.52. The molecule has 0 bridgehead atoms. The maximum absolute atomic E-state index is 13.3. The largest absolute Gasteiger partial charge is 0.444 e. The lowest BCUT2D eigenvalue weighted by molar-refractivity contribution is -0.113. The normalized spacial score (nSPS) is 19.7. The Hall–Kier alpha value is -2.83. The van der Waals surface area contributed by atoms with Crippen LogP contribution >= 0.6 is 0 Å². The topological polar surface area (TPSA) is 79.0 Å². The van der Waals surface area contributed by atoms with Crippen molar-refractivity contribution in [2.45, 2.75) is 63.6 Å². The number of nitrogens with one attached hydrogen (secondary N) is 1. The third kappa shape index (κ3) is 4.50. The van der Waals surface area contributed by atoms with Gasteiger partial charge in [-0.25, -0.2) is 4.79 Å². The average Bonchev–Trinajstić information content (AvgIpc) is 3.04. The van der Waals surface area contributed by atoms with E-state index in [0.29, 0.717) is 17.8 Å². The molecule has 1 spiro atoms. The van der Waals surface area contributed by atoms with E-state index in [0.717, 1.165) is 25.7 Å². The number of rotatable bonds is 4. The maximum atomic E-state index is 13.3. The zero-order valence-corrected chi connectivity index (χ0v) is 18.2. The molecule has 3 rings (SSSR count). The van der Waals surface area contributed by atoms with E-state index in [1.807, 2.05) is 25.7 Å². The van der Waals surface area contributed by atoms with Crippen LogP contribution in [0.3, 0.4) is 0 Å². The van der Waals surface area contributed by atoms with Gasteiger partial charge >= 0.3 is 6.09 Å². The lowest BCUT2D eigenvalue weighted by Crippen LogP contribution is -2.51. The summed E-state index contributed by atoms with van der Waals surface area (Å²) in [6.07, 6.45) is 4.51. The van der Waals surface area contributed by atoms with Crippen LogP contribution in [0.2, 0.25) is 0 Å². The average molecular weight is 414 g/mol. The summed E-state index contributed by atoms with van der Waals surface area (Å²) in [6.45, 7) is 9.44. The van der Waals surface area contributed by atoms with Crippen LogP contribution in [0, 0.1) is 0 Å². The first-order valence-corrected chi connectivity index (χ1v) is 10.4. The van der Waals surface area contributed by atoms with Gasteiger partial charge in [-0.2, -0.15) is 0 Å². The number of alkyl carbamates (subject to hydrolysis) is 1. The highest BCUT2D eigenvalue weighted by atomic mass is 16.6. The van der Waals surface area contributed by atoms with E-state index in [1.54, 1.807) is 31.3 Å². The maximum Gasteiger partial charge on any atom is 0.407 e. The Morgan fingerprint density at radius 2 is 1.87 bits per heavy atom. The monoisotopic (exact) mass is 413 g/mol. The summed E-state index contributed by atoms with van der Waals surface area (Å²) in [6, 6.07) is 6.87. The second-order valence-electron chi connectivity index (χ2n) is 9.19. The van der Waals surface area contributed by atoms with Crippen LogP contribution in [-0.4, -0.2) is 53.6 Å². The third-order valence-corrected chi connectivity index (χ3v) is 5.86. The van der Waals surface area contributed by atoms with Gasteiger partial charge in [-0.1, -0.05) is 6.58 Å². The van der Waals surface area contributed by atoms with Gasteiger partial charge in [-0.05, 0) is 76.8 Å². The van der Waals surface area contributed by atoms with E-state index in [4.69, 9.17) is 4.74 Å². The Labute approximate surface area is 178 Å². The molecule has 1 aromatic carbocycles. The van der Waals surface area contributed by atoms with Gasteiger partial charge in [-0.15, -0.1) is 0 Å². The lowest BCUT2D eigenvalue weighted by atomic mass is 9.74. The van der Waals surface area contributed by atoms with Crippen molar-refractivity contribution in [3.8, 4) is 0 Å². The Bertz CT molecular complexity index is 837. The molecule has 1 aliphatic heterocycles. The molecule has 162 valence electrons. The van der Waals surface area contributed by atoms with Crippen molar-refractivity contribution in [3.63, 3.8) is 0 Å². The summed E-state index contributed by atoms with van der Waals surface area (Å²) in [5.74, 6) is -0.259. The van der Waals surface area contributed by atoms with Crippen molar-refractivity contribution in [2.75, 3.05) is 18.5 Å². The van der Waals surface area contributed by atoms with E-state index in [1.165, 1.54) is 11.0 Å². The molecule has 3 amide bonds. The van der Waals surface area contributed by atoms with Crippen LogP contribution in [0.4, 0.5) is 10.5 Å². The second-order valence-corrected chi connectivity index (χ2v) is 9.19. The molecular weight excluding hydrogens is 382 g/mol. The molecule has 1 N–H and O–H groups in total. The summed E-state index contributed by atoms with van der Waals surface area (Å²) in [5, 5.41) is 2.93. The van der Waals surface area contributed by atoms with Crippen LogP contribution in [0.1, 0.15) is 56.8 Å². The number of likely N-dealkylation sites (tertiary alicyclic amines) is 1. The van der Waals surface area contributed by atoms with Crippen LogP contribution in [-0.2, 0) is 9.53 Å². The van der Waals surface area contributed by atoms with Crippen LogP contribution in [0.25, 0.3) is 0 Å². The molecule has 1 aromatic rings. The van der Waals surface area contributed by atoms with Gasteiger partial charge < -0.3 is 19.9 Å². The van der Waals surface area contributed by atoms with Gasteiger partial charge in [0.15, 0.2) is 0 Å². The Morgan fingerprint density at radius 3 is 2.37 bits per heavy atom. The van der Waals surface area contributed by atoms with Gasteiger partial charge in [0.05, 0.1) is 6.04 Å². The summed E-state index contributed by atoms with van der Waals surface area (Å²) >= 11 is 0. The standard InChI is InChI=1S/C23H31N3O4/c1-6-19(27)25(5)18-10-8-16(9-11-18)20(28)26-15-17(14-23(26)12-7-13-23)24-21(29)30-22(2,3)4/h6,8-11,17H,1,7,12-15H2,2-5H3,(H,24,29). The Balaban J connectivity index is 1.71. The van der Waals surface area contributed by atoms with Crippen LogP contribution in [0.5, 0.6) is 0 Å². The number of nitrogens with zero attached hydrogens (tertiary/aromatic N) is 2. The SMILES string of the molecule is C=CC(=O)N(C)c1ccc(C(=O)N2CC(NC(=O)OC(C)(C)C)CC23CCC3)cc1. The molecule has 2 fully saturated rings. The molecule has 30 heavy (non-hydrogen) atoms. The first-order valence-electron chi connectivity index (χ1n) is 10.4. The van der Waals surface area contributed by atoms with Crippen molar-refractivity contribution >= 4 is 23.6 Å². The number of benzene rings is 1. The Kier molecular flexibility index (Phi) is 5.92. The summed E-state index contributed by atoms with van der Waals surface area (Å²) in [4.78, 5) is 40.6. The molecule has 1 unspecified atom stereocenters. The molecule has 0 radical (unpaired) electrons. The number of anilines is 1. The third-order valence-electron chi connectivity index (χ3n) is 5.86. The molecule has 1 aliphatic carbocycles. The summed E-state index contributed by atoms with van der Waals surface area (Å²) in [5.41, 5.74) is 0.516. The number of carbonyl (C=O) groups is 3. The number of hydrogen-bond donors (Lipinski definition) is 1. The number of ether oxygens (including phenoxy) is 1. The molecule has 1 saturated carbocycles. The van der Waals surface area contributed by atoms with E-state index < -0.39 is 11.7 Å². The molecule has 1 saturated heterocycles. The fraction of sp³-hybridized carbons (Fsp3) is 0.522. The van der Waals surface area contributed by atoms with Gasteiger partial charge in [-0.3, -0.25) is 9.59 Å². The van der Waals surface area contributed by atoms with Crippen LogP contribution < -0.4 is 10.2 Å². The molecular formula is C23H31N3O4. The minimum Gasteiger partial charge on any atom is -0.444 e. The number of amides is 3. The van der Waals surface area contributed by atoms with Gasteiger partial charge in [0.1, 0.15) is 5.60 Å². The van der Waals surface area contributed by atoms with Crippen molar-refractivity contribution in [2.24, 2.45) is 0 Å². The number of hydrogen-bond acceptors (Lipinski definition) is 4. The number of likely N-dealkylation sites (N-methyl/N-ethyl adjacent to an activating group) is 1. The molecule has 0 aromatic heterocycles. The quantitative estimate of drug-likeness (QED) is 0.767. The van der Waals surface area contributed by atoms with Crippen molar-refractivity contribution < 1.29 is 19.1 Å². The van der Waals surface area contributed by atoms with E-state index >= 15 is 0 Å². The predicted octanol–water partition coefficient (Wildman–Crippen LogP) is 3.50. The summed E-state index contributed by atoms with van der Waals surface area (Å²) < 4.78 is 5.37. The highest BCUT2D eigenvalue weighted by Crippen LogP contribution is 2.46. The van der Waals surface area contributed by atoms with E-state index in [2.05, 4.69) is 11.9 Å². The molecule has 1 heterocycles. The molecule has 1 atom stereocenters. The van der Waals surface area contributed by atoms with Gasteiger partial charge in [0.25, 0.3) is 5.91 Å². The molecule has 2 aliphatic rings. The first kappa shape index (κ1) is 21.9. The zero-order chi connectivity index (χ0) is 22.1.